The highest BCUT2D eigenvalue weighted by Crippen LogP contribution is 2.14. The smallest absolute Gasteiger partial charge is 0.339 e. The third-order valence-corrected chi connectivity index (χ3v) is 1.54. The molecule has 2 N–H and O–H groups in total. The summed E-state index contributed by atoms with van der Waals surface area (Å²) in [7, 11) is 1.68. The highest BCUT2D eigenvalue weighted by Gasteiger charge is 2.08. The van der Waals surface area contributed by atoms with Crippen molar-refractivity contribution in [3.63, 3.8) is 0 Å². The number of nitrogens with zero attached hydrogens (tertiary/aromatic N) is 1. The van der Waals surface area contributed by atoms with Crippen LogP contribution >= 0.6 is 0 Å². The number of aromatic nitrogens is 1. The number of pyridine rings is 1. The summed E-state index contributed by atoms with van der Waals surface area (Å²) >= 11 is 0. The van der Waals surface area contributed by atoms with E-state index in [1.54, 1.807) is 13.1 Å². The van der Waals surface area contributed by atoms with Crippen LogP contribution in [0.25, 0.3) is 0 Å². The molecule has 1 aromatic rings. The van der Waals surface area contributed by atoms with Crippen molar-refractivity contribution in [1.29, 1.82) is 0 Å². The molecule has 1 rings (SSSR count). The van der Waals surface area contributed by atoms with Gasteiger partial charge in [0.15, 0.2) is 0 Å². The lowest BCUT2D eigenvalue weighted by molar-refractivity contribution is 0.0697. The number of aryl methyl sites for hydroxylation is 1. The highest BCUT2D eigenvalue weighted by atomic mass is 16.4. The van der Waals surface area contributed by atoms with Gasteiger partial charge >= 0.3 is 5.97 Å². The fraction of sp³-hybridized carbons (Fsp3) is 0.250. The molecule has 4 heteroatoms. The first-order valence-electron chi connectivity index (χ1n) is 3.53. The number of carboxylic acids is 1. The lowest BCUT2D eigenvalue weighted by Gasteiger charge is -2.04. The second-order valence-electron chi connectivity index (χ2n) is 2.43. The van der Waals surface area contributed by atoms with E-state index in [2.05, 4.69) is 10.3 Å². The number of hydrogen-bond acceptors (Lipinski definition) is 3. The molecule has 4 nitrogen and oxygen atoms in total. The molecule has 0 aliphatic carbocycles. The van der Waals surface area contributed by atoms with E-state index in [0.717, 1.165) is 5.69 Å². The average Bonchev–Trinajstić information content (AvgIpc) is 2.03. The van der Waals surface area contributed by atoms with Gasteiger partial charge in [-0.1, -0.05) is 0 Å². The molecule has 0 amide bonds. The van der Waals surface area contributed by atoms with Gasteiger partial charge in [0, 0.05) is 18.9 Å². The van der Waals surface area contributed by atoms with Crippen LogP contribution in [0.15, 0.2) is 12.3 Å². The van der Waals surface area contributed by atoms with Gasteiger partial charge in [0.1, 0.15) is 5.56 Å². The van der Waals surface area contributed by atoms with Crippen molar-refractivity contribution >= 4 is 11.7 Å². The largest absolute Gasteiger partial charge is 0.478 e. The first kappa shape index (κ1) is 8.52. The van der Waals surface area contributed by atoms with Crippen LogP contribution in [-0.4, -0.2) is 23.1 Å². The van der Waals surface area contributed by atoms with Gasteiger partial charge in [-0.25, -0.2) is 4.79 Å². The van der Waals surface area contributed by atoms with E-state index in [1.165, 1.54) is 6.20 Å². The van der Waals surface area contributed by atoms with Gasteiger partial charge < -0.3 is 10.4 Å². The lowest BCUT2D eigenvalue weighted by Crippen LogP contribution is -2.03. The van der Waals surface area contributed by atoms with Crippen LogP contribution in [0.3, 0.4) is 0 Å². The molecule has 0 aliphatic rings. The second kappa shape index (κ2) is 3.21. The Morgan fingerprint density at radius 1 is 1.67 bits per heavy atom. The fourth-order valence-electron chi connectivity index (χ4n) is 0.937. The lowest BCUT2D eigenvalue weighted by atomic mass is 10.2. The SMILES string of the molecule is CNc1cc(C)ncc1C(=O)O. The van der Waals surface area contributed by atoms with E-state index >= 15 is 0 Å². The van der Waals surface area contributed by atoms with E-state index in [-0.39, 0.29) is 5.56 Å². The normalized spacial score (nSPS) is 9.50. The summed E-state index contributed by atoms with van der Waals surface area (Å²) in [5.41, 5.74) is 1.59. The zero-order valence-electron chi connectivity index (χ0n) is 6.96. The molecule has 0 saturated carbocycles. The predicted octanol–water partition coefficient (Wildman–Crippen LogP) is 1.13. The van der Waals surface area contributed by atoms with Crippen molar-refractivity contribution in [2.24, 2.45) is 0 Å². The van der Waals surface area contributed by atoms with E-state index in [0.29, 0.717) is 5.69 Å². The van der Waals surface area contributed by atoms with Gasteiger partial charge in [-0.3, -0.25) is 4.98 Å². The van der Waals surface area contributed by atoms with Crippen LogP contribution in [0.1, 0.15) is 16.1 Å². The molecule has 0 fully saturated rings. The molecular weight excluding hydrogens is 156 g/mol. The zero-order valence-corrected chi connectivity index (χ0v) is 6.96. The van der Waals surface area contributed by atoms with Crippen LogP contribution in [0, 0.1) is 6.92 Å². The summed E-state index contributed by atoms with van der Waals surface area (Å²) in [6.45, 7) is 1.81. The molecule has 0 aromatic carbocycles. The third-order valence-electron chi connectivity index (χ3n) is 1.54. The van der Waals surface area contributed by atoms with Crippen molar-refractivity contribution in [3.8, 4) is 0 Å². The van der Waals surface area contributed by atoms with Gasteiger partial charge in [0.2, 0.25) is 0 Å². The van der Waals surface area contributed by atoms with Gasteiger partial charge in [-0.05, 0) is 13.0 Å². The van der Waals surface area contributed by atoms with Gasteiger partial charge in [-0.15, -0.1) is 0 Å². The average molecular weight is 166 g/mol. The standard InChI is InChI=1S/C8H10N2O2/c1-5-3-7(9-2)6(4-10-5)8(11)12/h3-4H,1-2H3,(H,9,10)(H,11,12). The molecule has 0 unspecified atom stereocenters. The van der Waals surface area contributed by atoms with Gasteiger partial charge in [-0.2, -0.15) is 0 Å². The molecule has 1 heterocycles. The summed E-state index contributed by atoms with van der Waals surface area (Å²) in [6.07, 6.45) is 1.35. The maximum atomic E-state index is 10.6. The maximum absolute atomic E-state index is 10.6. The second-order valence-corrected chi connectivity index (χ2v) is 2.43. The van der Waals surface area contributed by atoms with Gasteiger partial charge in [0.25, 0.3) is 0 Å². The van der Waals surface area contributed by atoms with E-state index in [1.807, 2.05) is 6.92 Å². The Morgan fingerprint density at radius 2 is 2.33 bits per heavy atom. The number of carbonyl (C=O) groups is 1. The highest BCUT2D eigenvalue weighted by molar-refractivity contribution is 5.93. The summed E-state index contributed by atoms with van der Waals surface area (Å²) in [5, 5.41) is 11.5. The fourth-order valence-corrected chi connectivity index (χ4v) is 0.937. The van der Waals surface area contributed by atoms with Crippen molar-refractivity contribution in [2.45, 2.75) is 6.92 Å². The van der Waals surface area contributed by atoms with Crippen LogP contribution in [0.5, 0.6) is 0 Å². The Morgan fingerprint density at radius 3 is 2.83 bits per heavy atom. The Hall–Kier alpha value is -1.58. The molecule has 64 valence electrons. The summed E-state index contributed by atoms with van der Waals surface area (Å²) in [5.74, 6) is -0.966. The van der Waals surface area contributed by atoms with Crippen molar-refractivity contribution in [3.05, 3.63) is 23.5 Å². The van der Waals surface area contributed by atoms with Gasteiger partial charge in [0.05, 0.1) is 5.69 Å². The van der Waals surface area contributed by atoms with Crippen molar-refractivity contribution < 1.29 is 9.90 Å². The molecular formula is C8H10N2O2. The molecule has 0 bridgehead atoms. The Balaban J connectivity index is 3.20. The minimum absolute atomic E-state index is 0.197. The Kier molecular flexibility index (Phi) is 2.28. The molecule has 1 aromatic heterocycles. The van der Waals surface area contributed by atoms with Crippen LogP contribution in [0.2, 0.25) is 0 Å². The van der Waals surface area contributed by atoms with E-state index in [4.69, 9.17) is 5.11 Å². The van der Waals surface area contributed by atoms with Crippen LogP contribution < -0.4 is 5.32 Å². The topological polar surface area (TPSA) is 62.2 Å². The van der Waals surface area contributed by atoms with Crippen LogP contribution in [-0.2, 0) is 0 Å². The minimum Gasteiger partial charge on any atom is -0.478 e. The number of anilines is 1. The Bertz CT molecular complexity index is 310. The molecule has 0 aliphatic heterocycles. The molecule has 0 radical (unpaired) electrons. The predicted molar refractivity (Wildman–Crippen MR) is 45.5 cm³/mol. The third kappa shape index (κ3) is 1.53. The Labute approximate surface area is 70.3 Å². The minimum atomic E-state index is -0.966. The molecule has 0 atom stereocenters. The molecule has 0 saturated heterocycles. The van der Waals surface area contributed by atoms with Crippen LogP contribution in [0.4, 0.5) is 5.69 Å². The molecule has 0 spiro atoms. The number of carboxylic acid groups (broad SMARTS) is 1. The number of hydrogen-bond donors (Lipinski definition) is 2. The van der Waals surface area contributed by atoms with E-state index in [9.17, 15) is 4.79 Å². The maximum Gasteiger partial charge on any atom is 0.339 e. The number of nitrogens with one attached hydrogen (secondary N) is 1. The molecule has 12 heavy (non-hydrogen) atoms. The first-order chi connectivity index (χ1) is 5.65. The number of aromatic carboxylic acids is 1. The quantitative estimate of drug-likeness (QED) is 0.691. The zero-order chi connectivity index (χ0) is 9.14. The summed E-state index contributed by atoms with van der Waals surface area (Å²) in [4.78, 5) is 14.5. The number of rotatable bonds is 2. The van der Waals surface area contributed by atoms with E-state index < -0.39 is 5.97 Å². The summed E-state index contributed by atoms with van der Waals surface area (Å²) < 4.78 is 0. The van der Waals surface area contributed by atoms with Crippen molar-refractivity contribution in [1.82, 2.24) is 4.98 Å². The monoisotopic (exact) mass is 166 g/mol. The van der Waals surface area contributed by atoms with Crippen molar-refractivity contribution in [2.75, 3.05) is 12.4 Å². The first-order valence-corrected chi connectivity index (χ1v) is 3.53. The summed E-state index contributed by atoms with van der Waals surface area (Å²) in [6, 6.07) is 1.70.